The number of ether oxygens (including phenoxy) is 3. The Balaban J connectivity index is 2.63. The summed E-state index contributed by atoms with van der Waals surface area (Å²) in [7, 11) is 2.96. The van der Waals surface area contributed by atoms with Gasteiger partial charge in [-0.15, -0.1) is 0 Å². The van der Waals surface area contributed by atoms with E-state index in [0.717, 1.165) is 6.29 Å². The number of hydrogen-bond acceptors (Lipinski definition) is 4. The van der Waals surface area contributed by atoms with Crippen molar-refractivity contribution in [1.82, 2.24) is 0 Å². The average molecular weight is 196 g/mol. The van der Waals surface area contributed by atoms with Crippen LogP contribution in [0, 0.1) is 0 Å². The molecule has 14 heavy (non-hydrogen) atoms. The van der Waals surface area contributed by atoms with Crippen LogP contribution in [0.15, 0.2) is 24.3 Å². The van der Waals surface area contributed by atoms with Crippen LogP contribution in [0.5, 0.6) is 5.75 Å². The normalized spacial score (nSPS) is 10.2. The van der Waals surface area contributed by atoms with Gasteiger partial charge in [0.2, 0.25) is 0 Å². The van der Waals surface area contributed by atoms with Gasteiger partial charge in [-0.25, -0.2) is 0 Å². The molecule has 0 saturated carbocycles. The number of rotatable bonds is 5. The third kappa shape index (κ3) is 2.83. The minimum atomic E-state index is -0.725. The van der Waals surface area contributed by atoms with Crippen molar-refractivity contribution in [1.29, 1.82) is 0 Å². The van der Waals surface area contributed by atoms with Crippen molar-refractivity contribution in [3.05, 3.63) is 29.8 Å². The molecule has 76 valence electrons. The second kappa shape index (κ2) is 5.36. The molecule has 0 bridgehead atoms. The van der Waals surface area contributed by atoms with E-state index in [1.54, 1.807) is 24.3 Å². The largest absolute Gasteiger partial charge is 0.441 e. The van der Waals surface area contributed by atoms with E-state index < -0.39 is 6.48 Å². The zero-order chi connectivity index (χ0) is 10.4. The summed E-state index contributed by atoms with van der Waals surface area (Å²) in [5.74, 6) is 0.587. The predicted octanol–water partition coefficient (Wildman–Crippen LogP) is 1.45. The minimum absolute atomic E-state index is 0.587. The molecule has 0 fully saturated rings. The van der Waals surface area contributed by atoms with Gasteiger partial charge in [-0.1, -0.05) is 0 Å². The van der Waals surface area contributed by atoms with Gasteiger partial charge in [0.1, 0.15) is 12.0 Å². The van der Waals surface area contributed by atoms with Gasteiger partial charge in [0.05, 0.1) is 0 Å². The van der Waals surface area contributed by atoms with Crippen LogP contribution in [0.3, 0.4) is 0 Å². The molecule has 0 aromatic heterocycles. The maximum absolute atomic E-state index is 10.4. The summed E-state index contributed by atoms with van der Waals surface area (Å²) in [5.41, 5.74) is 0.601. The van der Waals surface area contributed by atoms with Crippen LogP contribution in [-0.2, 0) is 9.47 Å². The lowest BCUT2D eigenvalue weighted by atomic mass is 10.2. The van der Waals surface area contributed by atoms with E-state index in [9.17, 15) is 4.79 Å². The summed E-state index contributed by atoms with van der Waals surface area (Å²) >= 11 is 0. The first-order valence-corrected chi connectivity index (χ1v) is 4.07. The molecule has 0 spiro atoms. The second-order valence-corrected chi connectivity index (χ2v) is 2.56. The van der Waals surface area contributed by atoms with Crippen molar-refractivity contribution >= 4 is 6.29 Å². The molecule has 0 atom stereocenters. The highest BCUT2D eigenvalue weighted by Gasteiger charge is 2.05. The van der Waals surface area contributed by atoms with E-state index in [2.05, 4.69) is 0 Å². The van der Waals surface area contributed by atoms with E-state index in [4.69, 9.17) is 14.2 Å². The molecule has 0 unspecified atom stereocenters. The van der Waals surface area contributed by atoms with E-state index in [1.807, 2.05) is 0 Å². The Bertz CT molecular complexity index is 277. The maximum Gasteiger partial charge on any atom is 0.315 e. The summed E-state index contributed by atoms with van der Waals surface area (Å²) in [4.78, 5) is 10.4. The molecule has 0 saturated heterocycles. The van der Waals surface area contributed by atoms with Crippen molar-refractivity contribution in [2.24, 2.45) is 0 Å². The van der Waals surface area contributed by atoms with E-state index >= 15 is 0 Å². The SMILES string of the molecule is COC(OC)Oc1ccc(C=O)cc1. The van der Waals surface area contributed by atoms with E-state index in [1.165, 1.54) is 14.2 Å². The number of hydrogen-bond donors (Lipinski definition) is 0. The average Bonchev–Trinajstić information content (AvgIpc) is 2.26. The first-order chi connectivity index (χ1) is 6.80. The van der Waals surface area contributed by atoms with Gasteiger partial charge in [0.15, 0.2) is 0 Å². The lowest BCUT2D eigenvalue weighted by Crippen LogP contribution is -2.20. The Morgan fingerprint density at radius 3 is 2.14 bits per heavy atom. The Hall–Kier alpha value is -1.39. The number of methoxy groups -OCH3 is 2. The molecule has 0 aliphatic carbocycles. The maximum atomic E-state index is 10.4. The van der Waals surface area contributed by atoms with Gasteiger partial charge in [-0.3, -0.25) is 4.79 Å². The number of carbonyl (C=O) groups is 1. The molecule has 0 amide bonds. The summed E-state index contributed by atoms with van der Waals surface area (Å²) in [5, 5.41) is 0. The van der Waals surface area contributed by atoms with Gasteiger partial charge in [0, 0.05) is 19.8 Å². The third-order valence-electron chi connectivity index (χ3n) is 1.63. The lowest BCUT2D eigenvalue weighted by molar-refractivity contribution is -0.219. The van der Waals surface area contributed by atoms with Gasteiger partial charge in [0.25, 0.3) is 0 Å². The summed E-state index contributed by atoms with van der Waals surface area (Å²) < 4.78 is 14.9. The number of aldehydes is 1. The molecule has 0 radical (unpaired) electrons. The van der Waals surface area contributed by atoms with Crippen LogP contribution in [-0.4, -0.2) is 27.0 Å². The van der Waals surface area contributed by atoms with E-state index in [-0.39, 0.29) is 0 Å². The number of carbonyl (C=O) groups excluding carboxylic acids is 1. The van der Waals surface area contributed by atoms with Crippen LogP contribution in [0.25, 0.3) is 0 Å². The second-order valence-electron chi connectivity index (χ2n) is 2.56. The van der Waals surface area contributed by atoms with Gasteiger partial charge in [-0.2, -0.15) is 0 Å². The van der Waals surface area contributed by atoms with Crippen LogP contribution >= 0.6 is 0 Å². The van der Waals surface area contributed by atoms with Crippen molar-refractivity contribution in [2.75, 3.05) is 14.2 Å². The van der Waals surface area contributed by atoms with Gasteiger partial charge >= 0.3 is 6.48 Å². The van der Waals surface area contributed by atoms with Crippen molar-refractivity contribution < 1.29 is 19.0 Å². The highest BCUT2D eigenvalue weighted by atomic mass is 16.8. The molecule has 1 rings (SSSR count). The van der Waals surface area contributed by atoms with Crippen molar-refractivity contribution in [3.8, 4) is 5.75 Å². The van der Waals surface area contributed by atoms with E-state index in [0.29, 0.717) is 11.3 Å². The molecule has 0 N–H and O–H groups in total. The minimum Gasteiger partial charge on any atom is -0.441 e. The smallest absolute Gasteiger partial charge is 0.315 e. The van der Waals surface area contributed by atoms with Crippen LogP contribution in [0.1, 0.15) is 10.4 Å². The number of benzene rings is 1. The highest BCUT2D eigenvalue weighted by Crippen LogP contribution is 2.13. The molecule has 0 aliphatic rings. The summed E-state index contributed by atoms with van der Waals surface area (Å²) in [6.07, 6.45) is 0.772. The lowest BCUT2D eigenvalue weighted by Gasteiger charge is -2.14. The van der Waals surface area contributed by atoms with Crippen molar-refractivity contribution in [3.63, 3.8) is 0 Å². The third-order valence-corrected chi connectivity index (χ3v) is 1.63. The molecule has 0 aliphatic heterocycles. The standard InChI is InChI=1S/C10H12O4/c1-12-10(13-2)14-9-5-3-8(7-11)4-6-9/h3-7,10H,1-2H3. The highest BCUT2D eigenvalue weighted by molar-refractivity contribution is 5.74. The van der Waals surface area contributed by atoms with Crippen LogP contribution in [0.2, 0.25) is 0 Å². The molecular formula is C10H12O4. The summed E-state index contributed by atoms with van der Waals surface area (Å²) in [6.45, 7) is -0.725. The quantitative estimate of drug-likeness (QED) is 0.528. The fourth-order valence-corrected chi connectivity index (χ4v) is 0.929. The van der Waals surface area contributed by atoms with Crippen LogP contribution in [0.4, 0.5) is 0 Å². The molecule has 0 heterocycles. The molecular weight excluding hydrogens is 184 g/mol. The zero-order valence-corrected chi connectivity index (χ0v) is 8.10. The molecule has 1 aromatic carbocycles. The van der Waals surface area contributed by atoms with Gasteiger partial charge in [-0.05, 0) is 24.3 Å². The van der Waals surface area contributed by atoms with Gasteiger partial charge < -0.3 is 14.2 Å². The predicted molar refractivity (Wildman–Crippen MR) is 50.3 cm³/mol. The van der Waals surface area contributed by atoms with Crippen LogP contribution < -0.4 is 4.74 Å². The Labute approximate surface area is 82.4 Å². The topological polar surface area (TPSA) is 44.8 Å². The molecule has 4 heteroatoms. The fraction of sp³-hybridized carbons (Fsp3) is 0.300. The van der Waals surface area contributed by atoms with Crippen molar-refractivity contribution in [2.45, 2.75) is 6.48 Å². The fourth-order valence-electron chi connectivity index (χ4n) is 0.929. The summed E-state index contributed by atoms with van der Waals surface area (Å²) in [6, 6.07) is 6.67. The first-order valence-electron chi connectivity index (χ1n) is 4.07. The Morgan fingerprint density at radius 2 is 1.71 bits per heavy atom. The Morgan fingerprint density at radius 1 is 1.14 bits per heavy atom. The monoisotopic (exact) mass is 196 g/mol. The Kier molecular flexibility index (Phi) is 4.10. The zero-order valence-electron chi connectivity index (χ0n) is 8.10. The molecule has 1 aromatic rings. The molecule has 4 nitrogen and oxygen atoms in total. The first kappa shape index (κ1) is 10.7.